The molecule has 1 aliphatic rings. The minimum absolute atomic E-state index is 0.0114. The fraction of sp³-hybridized carbons (Fsp3) is 0.611. The molecule has 0 aliphatic heterocycles. The van der Waals surface area contributed by atoms with E-state index < -0.39 is 5.97 Å². The van der Waals surface area contributed by atoms with Crippen LogP contribution in [0.25, 0.3) is 0 Å². The van der Waals surface area contributed by atoms with Gasteiger partial charge in [0.05, 0.1) is 16.2 Å². The lowest BCUT2D eigenvalue weighted by atomic mass is 9.86. The number of hydrogen-bond acceptors (Lipinski definition) is 5. The Hall–Kier alpha value is -1.54. The fourth-order valence-corrected chi connectivity index (χ4v) is 4.49. The monoisotopic (exact) mass is 397 g/mol. The lowest BCUT2D eigenvalue weighted by Crippen LogP contribution is -2.44. The molecular weight excluding hydrogens is 370 g/mol. The molecular formula is C18H27N3O3S2. The molecule has 0 spiro atoms. The van der Waals surface area contributed by atoms with Crippen molar-refractivity contribution in [2.24, 2.45) is 5.92 Å². The van der Waals surface area contributed by atoms with Gasteiger partial charge in [0.15, 0.2) is 5.13 Å². The number of thiazole rings is 1. The number of carbonyl (C=O) groups excluding carboxylic acids is 1. The topological polar surface area (TPSA) is 82.5 Å². The molecule has 1 aromatic rings. The van der Waals surface area contributed by atoms with E-state index in [1.807, 2.05) is 18.7 Å². The first-order chi connectivity index (χ1) is 12.3. The third-order valence-corrected chi connectivity index (χ3v) is 6.51. The van der Waals surface area contributed by atoms with Crippen LogP contribution in [0.15, 0.2) is 22.1 Å². The lowest BCUT2D eigenvalue weighted by Gasteiger charge is -2.35. The number of amides is 2. The largest absolute Gasteiger partial charge is 0.481 e. The van der Waals surface area contributed by atoms with Crippen molar-refractivity contribution in [3.63, 3.8) is 0 Å². The van der Waals surface area contributed by atoms with E-state index >= 15 is 0 Å². The number of rotatable bonds is 7. The number of hydrogen-bond donors (Lipinski definition) is 2. The van der Waals surface area contributed by atoms with Gasteiger partial charge in [-0.3, -0.25) is 10.1 Å². The van der Waals surface area contributed by atoms with Crippen molar-refractivity contribution in [2.75, 3.05) is 17.6 Å². The highest BCUT2D eigenvalue weighted by Crippen LogP contribution is 2.30. The summed E-state index contributed by atoms with van der Waals surface area (Å²) in [4.78, 5) is 29.6. The van der Waals surface area contributed by atoms with Crippen molar-refractivity contribution in [1.29, 1.82) is 0 Å². The molecule has 144 valence electrons. The number of nitrogens with zero attached hydrogens (tertiary/aromatic N) is 2. The van der Waals surface area contributed by atoms with E-state index in [1.165, 1.54) is 28.7 Å². The molecule has 1 aromatic heterocycles. The molecule has 1 saturated carbocycles. The maximum absolute atomic E-state index is 12.8. The van der Waals surface area contributed by atoms with Gasteiger partial charge >= 0.3 is 12.0 Å². The Balaban J connectivity index is 2.01. The molecule has 0 radical (unpaired) electrons. The highest BCUT2D eigenvalue weighted by molar-refractivity contribution is 8.01. The first-order valence-corrected chi connectivity index (χ1v) is 10.7. The molecule has 2 rings (SSSR count). The van der Waals surface area contributed by atoms with Crippen molar-refractivity contribution < 1.29 is 14.7 Å². The van der Waals surface area contributed by atoms with E-state index in [4.69, 9.17) is 5.11 Å². The van der Waals surface area contributed by atoms with E-state index in [9.17, 15) is 9.59 Å². The number of carbonyl (C=O) groups is 2. The summed E-state index contributed by atoms with van der Waals surface area (Å²) in [5, 5.41) is 12.1. The fourth-order valence-electron chi connectivity index (χ4n) is 2.91. The third kappa shape index (κ3) is 6.64. The van der Waals surface area contributed by atoms with Gasteiger partial charge in [-0.15, -0.1) is 11.8 Å². The second-order valence-electron chi connectivity index (χ2n) is 6.94. The number of aliphatic carboxylic acids is 1. The van der Waals surface area contributed by atoms with E-state index in [-0.39, 0.29) is 17.8 Å². The number of thioether (sulfide) groups is 1. The van der Waals surface area contributed by atoms with E-state index in [1.54, 1.807) is 6.20 Å². The van der Waals surface area contributed by atoms with Gasteiger partial charge in [0, 0.05) is 12.6 Å². The number of nitrogens with one attached hydrogen (secondary N) is 1. The Morgan fingerprint density at radius 3 is 2.69 bits per heavy atom. The highest BCUT2D eigenvalue weighted by atomic mass is 32.2. The molecule has 0 bridgehead atoms. The van der Waals surface area contributed by atoms with Crippen LogP contribution in [0.4, 0.5) is 9.93 Å². The Bertz CT molecular complexity index is 648. The highest BCUT2D eigenvalue weighted by Gasteiger charge is 2.27. The maximum Gasteiger partial charge on any atom is 0.324 e. The number of carboxylic acids is 1. The summed E-state index contributed by atoms with van der Waals surface area (Å²) in [5.74, 6) is -0.150. The van der Waals surface area contributed by atoms with Gasteiger partial charge in [-0.05, 0) is 45.4 Å². The van der Waals surface area contributed by atoms with E-state index in [0.717, 1.165) is 35.8 Å². The molecule has 26 heavy (non-hydrogen) atoms. The average molecular weight is 398 g/mol. The summed E-state index contributed by atoms with van der Waals surface area (Å²) in [5.41, 5.74) is 1.19. The third-order valence-electron chi connectivity index (χ3n) is 4.42. The summed E-state index contributed by atoms with van der Waals surface area (Å²) in [7, 11) is 0. The first-order valence-electron chi connectivity index (χ1n) is 8.86. The van der Waals surface area contributed by atoms with Crippen LogP contribution in [0.1, 0.15) is 46.5 Å². The zero-order valence-electron chi connectivity index (χ0n) is 15.5. The van der Waals surface area contributed by atoms with E-state index in [0.29, 0.717) is 11.7 Å². The van der Waals surface area contributed by atoms with Gasteiger partial charge in [0.1, 0.15) is 0 Å². The van der Waals surface area contributed by atoms with Crippen LogP contribution >= 0.6 is 23.1 Å². The number of carboxylic acid groups (broad SMARTS) is 1. The predicted molar refractivity (Wildman–Crippen MR) is 107 cm³/mol. The Morgan fingerprint density at radius 2 is 2.08 bits per heavy atom. The van der Waals surface area contributed by atoms with Crippen LogP contribution in [0.5, 0.6) is 0 Å². The Morgan fingerprint density at radius 1 is 1.38 bits per heavy atom. The maximum atomic E-state index is 12.8. The summed E-state index contributed by atoms with van der Waals surface area (Å²) in [6.07, 6.45) is 8.04. The average Bonchev–Trinajstić information content (AvgIpc) is 3.02. The van der Waals surface area contributed by atoms with Crippen molar-refractivity contribution in [3.05, 3.63) is 17.8 Å². The van der Waals surface area contributed by atoms with Gasteiger partial charge in [0.25, 0.3) is 0 Å². The number of urea groups is 1. The SMILES string of the molecule is CC(C)=CCN(C(=O)Nc1ncc(SCC(=O)O)s1)[C@H]1CC[C@H](C)CC1. The molecule has 1 aliphatic carbocycles. The number of allylic oxidation sites excluding steroid dienone is 1. The molecule has 0 atom stereocenters. The molecule has 1 fully saturated rings. The molecule has 1 heterocycles. The van der Waals surface area contributed by atoms with Crippen LogP contribution in [0.3, 0.4) is 0 Å². The first kappa shape index (κ1) is 20.8. The van der Waals surface area contributed by atoms with Gasteiger partial charge in [-0.1, -0.05) is 29.9 Å². The van der Waals surface area contributed by atoms with Crippen LogP contribution < -0.4 is 5.32 Å². The van der Waals surface area contributed by atoms with Gasteiger partial charge in [-0.25, -0.2) is 9.78 Å². The molecule has 6 nitrogen and oxygen atoms in total. The number of aromatic nitrogens is 1. The molecule has 0 saturated heterocycles. The van der Waals surface area contributed by atoms with Crippen molar-refractivity contribution in [1.82, 2.24) is 9.88 Å². The minimum Gasteiger partial charge on any atom is -0.481 e. The van der Waals surface area contributed by atoms with Crippen LogP contribution in [-0.4, -0.2) is 45.3 Å². The van der Waals surface area contributed by atoms with Crippen LogP contribution in [0, 0.1) is 5.92 Å². The number of anilines is 1. The Kier molecular flexibility index (Phi) is 7.96. The zero-order valence-corrected chi connectivity index (χ0v) is 17.2. The summed E-state index contributed by atoms with van der Waals surface area (Å²) in [6.45, 7) is 6.93. The second kappa shape index (κ2) is 9.97. The quantitative estimate of drug-likeness (QED) is 0.515. The molecule has 0 aromatic carbocycles. The predicted octanol–water partition coefficient (Wildman–Crippen LogP) is 4.70. The molecule has 2 N–H and O–H groups in total. The van der Waals surface area contributed by atoms with Gasteiger partial charge < -0.3 is 10.0 Å². The Labute approximate surface area is 163 Å². The van der Waals surface area contributed by atoms with Crippen LogP contribution in [0.2, 0.25) is 0 Å². The summed E-state index contributed by atoms with van der Waals surface area (Å²) in [6, 6.07) is 0.119. The zero-order chi connectivity index (χ0) is 19.1. The molecule has 2 amide bonds. The molecule has 8 heteroatoms. The summed E-state index contributed by atoms with van der Waals surface area (Å²) < 4.78 is 0.782. The van der Waals surface area contributed by atoms with E-state index in [2.05, 4.69) is 23.3 Å². The van der Waals surface area contributed by atoms with Crippen molar-refractivity contribution in [3.8, 4) is 0 Å². The van der Waals surface area contributed by atoms with Crippen molar-refractivity contribution >= 4 is 40.2 Å². The van der Waals surface area contributed by atoms with Crippen LogP contribution in [-0.2, 0) is 4.79 Å². The van der Waals surface area contributed by atoms with Crippen molar-refractivity contribution in [2.45, 2.75) is 56.7 Å². The summed E-state index contributed by atoms with van der Waals surface area (Å²) >= 11 is 2.52. The lowest BCUT2D eigenvalue weighted by molar-refractivity contribution is -0.133. The van der Waals surface area contributed by atoms with Gasteiger partial charge in [-0.2, -0.15) is 0 Å². The second-order valence-corrected chi connectivity index (χ2v) is 9.25. The smallest absolute Gasteiger partial charge is 0.324 e. The standard InChI is InChI=1S/C18H27N3O3S2/c1-12(2)8-9-21(14-6-4-13(3)5-7-14)18(24)20-17-19-10-16(26-17)25-11-15(22)23/h8,10,13-14H,4-7,9,11H2,1-3H3,(H,22,23)(H,19,20,24)/t13-,14-. The molecule has 0 unspecified atom stereocenters. The minimum atomic E-state index is -0.867. The normalized spacial score (nSPS) is 19.7. The van der Waals surface area contributed by atoms with Gasteiger partial charge in [0.2, 0.25) is 0 Å².